The largest absolute Gasteiger partial charge is 0.419 e. The van der Waals surface area contributed by atoms with E-state index < -0.39 is 0 Å². The van der Waals surface area contributed by atoms with Crippen molar-refractivity contribution < 1.29 is 9.52 Å². The Labute approximate surface area is 146 Å². The number of aromatic nitrogens is 2. The van der Waals surface area contributed by atoms with Gasteiger partial charge in [0.1, 0.15) is 0 Å². The van der Waals surface area contributed by atoms with E-state index in [-0.39, 0.29) is 12.0 Å². The van der Waals surface area contributed by atoms with E-state index in [1.165, 1.54) is 5.56 Å². The average Bonchev–Trinajstić information content (AvgIpc) is 3.31. The van der Waals surface area contributed by atoms with Gasteiger partial charge in [-0.2, -0.15) is 0 Å². The molecule has 25 heavy (non-hydrogen) atoms. The summed E-state index contributed by atoms with van der Waals surface area (Å²) in [6.07, 6.45) is 0.924. The van der Waals surface area contributed by atoms with Gasteiger partial charge in [0.15, 0.2) is 0 Å². The van der Waals surface area contributed by atoms with Gasteiger partial charge in [0, 0.05) is 17.5 Å². The van der Waals surface area contributed by atoms with Crippen LogP contribution in [0.1, 0.15) is 17.9 Å². The van der Waals surface area contributed by atoms with Crippen molar-refractivity contribution in [2.24, 2.45) is 0 Å². The third kappa shape index (κ3) is 3.21. The van der Waals surface area contributed by atoms with Crippen LogP contribution in [-0.4, -0.2) is 39.9 Å². The molecule has 1 aromatic heterocycles. The summed E-state index contributed by atoms with van der Waals surface area (Å²) in [5.74, 6) is 1.16. The van der Waals surface area contributed by atoms with Gasteiger partial charge >= 0.3 is 0 Å². The molecule has 2 heterocycles. The lowest BCUT2D eigenvalue weighted by Crippen LogP contribution is -2.34. The molecule has 1 N–H and O–H groups in total. The molecule has 1 aliphatic heterocycles. The van der Waals surface area contributed by atoms with E-state index >= 15 is 0 Å². The molecule has 5 nitrogen and oxygen atoms in total. The van der Waals surface area contributed by atoms with E-state index in [9.17, 15) is 5.11 Å². The molecular formula is C20H21N3O2. The van der Waals surface area contributed by atoms with Gasteiger partial charge in [-0.15, -0.1) is 10.2 Å². The quantitative estimate of drug-likeness (QED) is 0.777. The highest BCUT2D eigenvalue weighted by atomic mass is 16.4. The molecule has 0 aliphatic carbocycles. The summed E-state index contributed by atoms with van der Waals surface area (Å²) < 4.78 is 5.81. The van der Waals surface area contributed by atoms with Gasteiger partial charge < -0.3 is 9.52 Å². The van der Waals surface area contributed by atoms with Crippen molar-refractivity contribution in [1.82, 2.24) is 15.1 Å². The second-order valence-corrected chi connectivity index (χ2v) is 6.63. The molecule has 0 amide bonds. The first kappa shape index (κ1) is 16.0. The van der Waals surface area contributed by atoms with Crippen molar-refractivity contribution in [3.63, 3.8) is 0 Å². The van der Waals surface area contributed by atoms with E-state index in [0.717, 1.165) is 25.1 Å². The lowest BCUT2D eigenvalue weighted by molar-refractivity contribution is 0.185. The molecule has 0 spiro atoms. The maximum absolute atomic E-state index is 10.0. The van der Waals surface area contributed by atoms with E-state index in [1.54, 1.807) is 0 Å². The van der Waals surface area contributed by atoms with Gasteiger partial charge in [-0.1, -0.05) is 48.5 Å². The Kier molecular flexibility index (Phi) is 4.34. The van der Waals surface area contributed by atoms with Crippen LogP contribution in [0, 0.1) is 0 Å². The molecule has 4 rings (SSSR count). The van der Waals surface area contributed by atoms with Gasteiger partial charge in [0.05, 0.1) is 13.2 Å². The number of rotatable bonds is 5. The molecule has 1 atom stereocenters. The summed E-state index contributed by atoms with van der Waals surface area (Å²) in [5, 5.41) is 18.4. The lowest BCUT2D eigenvalue weighted by Gasteiger charge is -2.27. The van der Waals surface area contributed by atoms with Crippen molar-refractivity contribution >= 4 is 0 Å². The number of nitrogens with zero attached hydrogens (tertiary/aromatic N) is 3. The molecule has 0 radical (unpaired) electrons. The fourth-order valence-corrected chi connectivity index (χ4v) is 3.55. The number of hydrogen-bond acceptors (Lipinski definition) is 5. The second-order valence-electron chi connectivity index (χ2n) is 6.63. The first-order valence-electron chi connectivity index (χ1n) is 8.56. The van der Waals surface area contributed by atoms with Gasteiger partial charge in [-0.3, -0.25) is 4.90 Å². The van der Waals surface area contributed by atoms with Crippen LogP contribution < -0.4 is 0 Å². The minimum absolute atomic E-state index is 0.145. The Balaban J connectivity index is 1.47. The zero-order valence-electron chi connectivity index (χ0n) is 14.0. The molecule has 0 saturated carbocycles. The number of likely N-dealkylation sites (tertiary alicyclic amines) is 1. The third-order valence-electron chi connectivity index (χ3n) is 4.97. The van der Waals surface area contributed by atoms with Crippen LogP contribution in [0.3, 0.4) is 0 Å². The lowest BCUT2D eigenvalue weighted by atomic mass is 9.80. The van der Waals surface area contributed by atoms with Crippen LogP contribution >= 0.6 is 0 Å². The standard InChI is InChI=1S/C20H21N3O2/c24-15-20(17-9-5-2-6-10-17)11-12-23(14-20)13-18-21-22-19(25-18)16-7-3-1-4-8-16/h1-10,24H,11-15H2/t20-/m0/s1. The fraction of sp³-hybridized carbons (Fsp3) is 0.300. The summed E-state index contributed by atoms with van der Waals surface area (Å²) in [6, 6.07) is 20.0. The summed E-state index contributed by atoms with van der Waals surface area (Å²) >= 11 is 0. The van der Waals surface area contributed by atoms with Crippen LogP contribution in [0.4, 0.5) is 0 Å². The first-order valence-corrected chi connectivity index (χ1v) is 8.56. The summed E-state index contributed by atoms with van der Waals surface area (Å²) in [4.78, 5) is 2.27. The molecule has 3 aromatic rings. The smallest absolute Gasteiger partial charge is 0.247 e. The number of aliphatic hydroxyl groups excluding tert-OH is 1. The minimum atomic E-state index is -0.205. The van der Waals surface area contributed by atoms with Crippen molar-refractivity contribution in [2.45, 2.75) is 18.4 Å². The second kappa shape index (κ2) is 6.78. The number of aliphatic hydroxyl groups is 1. The minimum Gasteiger partial charge on any atom is -0.419 e. The molecular weight excluding hydrogens is 314 g/mol. The maximum atomic E-state index is 10.0. The summed E-state index contributed by atoms with van der Waals surface area (Å²) in [6.45, 7) is 2.44. The van der Waals surface area contributed by atoms with E-state index in [1.807, 2.05) is 48.5 Å². The van der Waals surface area contributed by atoms with Crippen LogP contribution in [-0.2, 0) is 12.0 Å². The zero-order valence-corrected chi connectivity index (χ0v) is 14.0. The normalized spacial score (nSPS) is 20.8. The average molecular weight is 335 g/mol. The van der Waals surface area contributed by atoms with Crippen LogP contribution in [0.25, 0.3) is 11.5 Å². The Hall–Kier alpha value is -2.50. The van der Waals surface area contributed by atoms with Gasteiger partial charge in [0.25, 0.3) is 0 Å². The van der Waals surface area contributed by atoms with Crippen LogP contribution in [0.15, 0.2) is 65.1 Å². The van der Waals surface area contributed by atoms with Crippen molar-refractivity contribution in [3.8, 4) is 11.5 Å². The van der Waals surface area contributed by atoms with Gasteiger partial charge in [0.2, 0.25) is 11.8 Å². The van der Waals surface area contributed by atoms with Crippen LogP contribution in [0.5, 0.6) is 0 Å². The number of benzene rings is 2. The SMILES string of the molecule is OC[C@]1(c2ccccc2)CCN(Cc2nnc(-c3ccccc3)o2)C1. The van der Waals surface area contributed by atoms with E-state index in [4.69, 9.17) is 4.42 Å². The molecule has 128 valence electrons. The number of hydrogen-bond donors (Lipinski definition) is 1. The topological polar surface area (TPSA) is 62.4 Å². The Bertz CT molecular complexity index is 819. The van der Waals surface area contributed by atoms with E-state index in [2.05, 4.69) is 27.2 Å². The highest BCUT2D eigenvalue weighted by Crippen LogP contribution is 2.34. The van der Waals surface area contributed by atoms with Crippen molar-refractivity contribution in [1.29, 1.82) is 0 Å². The molecule has 1 fully saturated rings. The molecule has 5 heteroatoms. The van der Waals surface area contributed by atoms with Crippen molar-refractivity contribution in [2.75, 3.05) is 19.7 Å². The van der Waals surface area contributed by atoms with Crippen LogP contribution in [0.2, 0.25) is 0 Å². The Morgan fingerprint density at radius 1 is 1.00 bits per heavy atom. The Morgan fingerprint density at radius 3 is 2.44 bits per heavy atom. The molecule has 0 bridgehead atoms. The fourth-order valence-electron chi connectivity index (χ4n) is 3.55. The molecule has 1 saturated heterocycles. The van der Waals surface area contributed by atoms with Crippen molar-refractivity contribution in [3.05, 3.63) is 72.1 Å². The third-order valence-corrected chi connectivity index (χ3v) is 4.97. The monoisotopic (exact) mass is 335 g/mol. The summed E-state index contributed by atoms with van der Waals surface area (Å²) in [7, 11) is 0. The maximum Gasteiger partial charge on any atom is 0.247 e. The molecule has 2 aromatic carbocycles. The predicted octanol–water partition coefficient (Wildman–Crippen LogP) is 2.87. The molecule has 0 unspecified atom stereocenters. The first-order chi connectivity index (χ1) is 12.3. The Morgan fingerprint density at radius 2 is 1.72 bits per heavy atom. The summed E-state index contributed by atoms with van der Waals surface area (Å²) in [5.41, 5.74) is 1.91. The van der Waals surface area contributed by atoms with Gasteiger partial charge in [-0.05, 0) is 30.7 Å². The zero-order chi connectivity index (χ0) is 17.1. The highest BCUT2D eigenvalue weighted by molar-refractivity contribution is 5.51. The predicted molar refractivity (Wildman–Crippen MR) is 94.8 cm³/mol. The highest BCUT2D eigenvalue weighted by Gasteiger charge is 2.39. The van der Waals surface area contributed by atoms with Gasteiger partial charge in [-0.25, -0.2) is 0 Å². The molecule has 1 aliphatic rings. The van der Waals surface area contributed by atoms with E-state index in [0.29, 0.717) is 18.3 Å².